The van der Waals surface area contributed by atoms with Gasteiger partial charge >= 0.3 is 0 Å². The van der Waals surface area contributed by atoms with Gasteiger partial charge in [0.2, 0.25) is 5.43 Å². The zero-order valence-corrected chi connectivity index (χ0v) is 11.2. The van der Waals surface area contributed by atoms with Crippen LogP contribution in [0.5, 0.6) is 0 Å². The van der Waals surface area contributed by atoms with Crippen molar-refractivity contribution in [2.24, 2.45) is 0 Å². The molecule has 0 aliphatic heterocycles. The maximum Gasteiger partial charge on any atom is 0.267 e. The molecular formula is C13H14N2O3S. The van der Waals surface area contributed by atoms with E-state index in [1.165, 1.54) is 18.5 Å². The number of anilines is 1. The van der Waals surface area contributed by atoms with Crippen molar-refractivity contribution >= 4 is 15.7 Å². The predicted molar refractivity (Wildman–Crippen MR) is 73.7 cm³/mol. The Bertz CT molecular complexity index is 718. The monoisotopic (exact) mass is 278 g/mol. The molecule has 0 spiro atoms. The minimum absolute atomic E-state index is 0.297. The van der Waals surface area contributed by atoms with Crippen LogP contribution in [0.1, 0.15) is 12.5 Å². The normalized spacial score (nSPS) is 11.2. The molecule has 0 bridgehead atoms. The molecule has 19 heavy (non-hydrogen) atoms. The number of rotatable bonds is 4. The molecule has 1 heterocycles. The molecule has 100 valence electrons. The number of pyridine rings is 1. The van der Waals surface area contributed by atoms with Crippen LogP contribution in [0, 0.1) is 0 Å². The highest BCUT2D eigenvalue weighted by Crippen LogP contribution is 2.14. The average molecular weight is 278 g/mol. The molecule has 0 saturated heterocycles. The Morgan fingerprint density at radius 2 is 1.84 bits per heavy atom. The number of H-pyrrole nitrogens is 1. The third-order valence-electron chi connectivity index (χ3n) is 2.69. The van der Waals surface area contributed by atoms with E-state index in [9.17, 15) is 13.2 Å². The van der Waals surface area contributed by atoms with Crippen molar-refractivity contribution in [3.63, 3.8) is 0 Å². The van der Waals surface area contributed by atoms with Crippen LogP contribution in [0.15, 0.2) is 52.4 Å². The van der Waals surface area contributed by atoms with E-state index in [0.717, 1.165) is 12.0 Å². The molecule has 0 amide bonds. The van der Waals surface area contributed by atoms with Crippen molar-refractivity contribution in [3.05, 3.63) is 58.5 Å². The van der Waals surface area contributed by atoms with E-state index in [-0.39, 0.29) is 4.90 Å². The first-order valence-electron chi connectivity index (χ1n) is 5.82. The van der Waals surface area contributed by atoms with Crippen LogP contribution in [0.25, 0.3) is 0 Å². The molecule has 0 aliphatic carbocycles. The molecule has 2 aromatic rings. The van der Waals surface area contributed by atoms with Crippen molar-refractivity contribution in [2.75, 3.05) is 4.72 Å². The Labute approximate surface area is 111 Å². The lowest BCUT2D eigenvalue weighted by Crippen LogP contribution is -2.20. The second kappa shape index (κ2) is 5.27. The largest absolute Gasteiger partial charge is 0.366 e. The first-order chi connectivity index (χ1) is 9.03. The minimum atomic E-state index is -3.86. The SMILES string of the molecule is CCc1ccc(NS(=O)(=O)c2c[nH]ccc2=O)cc1. The fraction of sp³-hybridized carbons (Fsp3) is 0.154. The molecule has 0 radical (unpaired) electrons. The fourth-order valence-corrected chi connectivity index (χ4v) is 2.74. The molecule has 6 heteroatoms. The van der Waals surface area contributed by atoms with E-state index in [0.29, 0.717) is 5.69 Å². The van der Waals surface area contributed by atoms with Crippen molar-refractivity contribution in [1.82, 2.24) is 4.98 Å². The standard InChI is InChI=1S/C13H14N2O3S/c1-2-10-3-5-11(6-4-10)15-19(17,18)13-9-14-8-7-12(13)16/h3-9,15H,2H2,1H3,(H,14,16). The summed E-state index contributed by atoms with van der Waals surface area (Å²) in [7, 11) is -3.86. The van der Waals surface area contributed by atoms with Gasteiger partial charge in [-0.3, -0.25) is 9.52 Å². The van der Waals surface area contributed by atoms with Crippen molar-refractivity contribution < 1.29 is 8.42 Å². The van der Waals surface area contributed by atoms with Crippen molar-refractivity contribution in [1.29, 1.82) is 0 Å². The smallest absolute Gasteiger partial charge is 0.267 e. The van der Waals surface area contributed by atoms with Gasteiger partial charge in [0.25, 0.3) is 10.0 Å². The Kier molecular flexibility index (Phi) is 3.71. The highest BCUT2D eigenvalue weighted by Gasteiger charge is 2.17. The molecule has 2 N–H and O–H groups in total. The van der Waals surface area contributed by atoms with Crippen LogP contribution in [-0.4, -0.2) is 13.4 Å². The maximum absolute atomic E-state index is 12.0. The van der Waals surface area contributed by atoms with Crippen LogP contribution in [-0.2, 0) is 16.4 Å². The Hall–Kier alpha value is -2.08. The Balaban J connectivity index is 2.31. The van der Waals surface area contributed by atoms with Crippen LogP contribution in [0.4, 0.5) is 5.69 Å². The van der Waals surface area contributed by atoms with Crippen LogP contribution in [0.3, 0.4) is 0 Å². The number of sulfonamides is 1. The van der Waals surface area contributed by atoms with E-state index >= 15 is 0 Å². The molecule has 2 rings (SSSR count). The number of nitrogens with one attached hydrogen (secondary N) is 2. The number of benzene rings is 1. The van der Waals surface area contributed by atoms with E-state index in [2.05, 4.69) is 9.71 Å². The van der Waals surface area contributed by atoms with Gasteiger partial charge in [-0.15, -0.1) is 0 Å². The third-order valence-corrected chi connectivity index (χ3v) is 4.09. The second-order valence-corrected chi connectivity index (χ2v) is 5.68. The van der Waals surface area contributed by atoms with E-state index in [4.69, 9.17) is 0 Å². The summed E-state index contributed by atoms with van der Waals surface area (Å²) in [6, 6.07) is 8.20. The van der Waals surface area contributed by atoms with Gasteiger partial charge in [-0.2, -0.15) is 0 Å². The lowest BCUT2D eigenvalue weighted by Gasteiger charge is -2.07. The highest BCUT2D eigenvalue weighted by molar-refractivity contribution is 7.92. The number of aromatic amines is 1. The van der Waals surface area contributed by atoms with E-state index < -0.39 is 15.5 Å². The molecule has 0 fully saturated rings. The summed E-state index contributed by atoms with van der Waals surface area (Å²) < 4.78 is 26.5. The number of hydrogen-bond donors (Lipinski definition) is 2. The molecular weight excluding hydrogens is 264 g/mol. The summed E-state index contributed by atoms with van der Waals surface area (Å²) >= 11 is 0. The van der Waals surface area contributed by atoms with Gasteiger partial charge in [-0.25, -0.2) is 8.42 Å². The highest BCUT2D eigenvalue weighted by atomic mass is 32.2. The summed E-state index contributed by atoms with van der Waals surface area (Å²) in [5.74, 6) is 0. The Morgan fingerprint density at radius 3 is 2.42 bits per heavy atom. The number of aromatic nitrogens is 1. The molecule has 5 nitrogen and oxygen atoms in total. The van der Waals surface area contributed by atoms with Crippen molar-refractivity contribution in [2.45, 2.75) is 18.2 Å². The quantitative estimate of drug-likeness (QED) is 0.894. The molecule has 0 aliphatic rings. The van der Waals surface area contributed by atoms with Gasteiger partial charge in [0.15, 0.2) is 4.90 Å². The molecule has 1 aromatic heterocycles. The zero-order valence-electron chi connectivity index (χ0n) is 10.4. The van der Waals surface area contributed by atoms with Gasteiger partial charge in [-0.05, 0) is 24.1 Å². The lowest BCUT2D eigenvalue weighted by molar-refractivity contribution is 0.600. The molecule has 1 aromatic carbocycles. The van der Waals surface area contributed by atoms with Crippen molar-refractivity contribution in [3.8, 4) is 0 Å². The van der Waals surface area contributed by atoms with Gasteiger partial charge < -0.3 is 4.98 Å². The van der Waals surface area contributed by atoms with Crippen LogP contribution >= 0.6 is 0 Å². The average Bonchev–Trinajstić information content (AvgIpc) is 2.39. The zero-order chi connectivity index (χ0) is 13.9. The van der Waals surface area contributed by atoms with Gasteiger partial charge in [0, 0.05) is 24.1 Å². The summed E-state index contributed by atoms with van der Waals surface area (Å²) in [4.78, 5) is 13.8. The third kappa shape index (κ3) is 3.03. The predicted octanol–water partition coefficient (Wildman–Crippen LogP) is 1.74. The van der Waals surface area contributed by atoms with Gasteiger partial charge in [0.1, 0.15) is 0 Å². The maximum atomic E-state index is 12.0. The summed E-state index contributed by atoms with van der Waals surface area (Å²) in [5.41, 5.74) is 0.998. The van der Waals surface area contributed by atoms with Gasteiger partial charge in [0.05, 0.1) is 0 Å². The first-order valence-corrected chi connectivity index (χ1v) is 7.30. The summed E-state index contributed by atoms with van der Waals surface area (Å²) in [6.07, 6.45) is 3.44. The Morgan fingerprint density at radius 1 is 1.16 bits per heavy atom. The van der Waals surface area contributed by atoms with Crippen LogP contribution in [0.2, 0.25) is 0 Å². The second-order valence-electron chi connectivity index (χ2n) is 4.03. The minimum Gasteiger partial charge on any atom is -0.366 e. The van der Waals surface area contributed by atoms with E-state index in [1.807, 2.05) is 19.1 Å². The van der Waals surface area contributed by atoms with E-state index in [1.54, 1.807) is 12.1 Å². The molecule has 0 saturated carbocycles. The topological polar surface area (TPSA) is 79.0 Å². The van der Waals surface area contributed by atoms with Crippen LogP contribution < -0.4 is 10.2 Å². The molecule has 0 unspecified atom stereocenters. The molecule has 0 atom stereocenters. The van der Waals surface area contributed by atoms with Gasteiger partial charge in [-0.1, -0.05) is 19.1 Å². The first kappa shape index (κ1) is 13.4. The summed E-state index contributed by atoms with van der Waals surface area (Å²) in [6.45, 7) is 2.02. The summed E-state index contributed by atoms with van der Waals surface area (Å²) in [5, 5.41) is 0. The number of hydrogen-bond acceptors (Lipinski definition) is 3. The number of aryl methyl sites for hydroxylation is 1. The lowest BCUT2D eigenvalue weighted by atomic mass is 10.2. The fourth-order valence-electron chi connectivity index (χ4n) is 1.63.